The molecule has 0 N–H and O–H groups in total. The van der Waals surface area contributed by atoms with Gasteiger partial charge in [-0.25, -0.2) is 9.55 Å². The molecule has 0 saturated carbocycles. The lowest BCUT2D eigenvalue weighted by Crippen LogP contribution is -2.30. The first-order valence-corrected chi connectivity index (χ1v) is 12.6. The Morgan fingerprint density at radius 2 is 1.52 bits per heavy atom. The van der Waals surface area contributed by atoms with Crippen LogP contribution in [0.25, 0.3) is 38.3 Å². The number of thiazole rings is 1. The van der Waals surface area contributed by atoms with E-state index in [0.717, 1.165) is 10.5 Å². The molecule has 0 amide bonds. The van der Waals surface area contributed by atoms with Gasteiger partial charge in [0.15, 0.2) is 11.0 Å². The smallest absolute Gasteiger partial charge is 0.241 e. The molecule has 0 saturated heterocycles. The van der Waals surface area contributed by atoms with Crippen molar-refractivity contribution in [3.8, 4) is 17.1 Å². The maximum atomic E-state index is 4.82. The minimum atomic E-state index is 0.417. The summed E-state index contributed by atoms with van der Waals surface area (Å²) in [6.45, 7) is 13.5. The van der Waals surface area contributed by atoms with Gasteiger partial charge in [0.25, 0.3) is 5.82 Å². The van der Waals surface area contributed by atoms with Crippen molar-refractivity contribution in [3.05, 3.63) is 76.3 Å². The molecule has 33 heavy (non-hydrogen) atoms. The summed E-state index contributed by atoms with van der Waals surface area (Å²) < 4.78 is 6.16. The molecule has 0 aliphatic rings. The molecule has 2 aromatic heterocycles. The van der Waals surface area contributed by atoms with Crippen molar-refractivity contribution in [2.75, 3.05) is 0 Å². The Morgan fingerprint density at radius 3 is 2.18 bits per heavy atom. The molecule has 0 atom stereocenters. The largest absolute Gasteiger partial charge is 0.296 e. The fraction of sp³-hybridized carbons (Fsp3) is 0.310. The Bertz CT molecular complexity index is 1470. The Labute approximate surface area is 200 Å². The zero-order valence-corrected chi connectivity index (χ0v) is 21.4. The number of nitrogens with zero attached hydrogens (tertiary/aromatic N) is 3. The molecule has 168 valence electrons. The van der Waals surface area contributed by atoms with E-state index >= 15 is 0 Å². The number of para-hydroxylation sites is 3. The van der Waals surface area contributed by atoms with Crippen LogP contribution in [0.5, 0.6) is 0 Å². The molecule has 0 fully saturated rings. The third-order valence-electron chi connectivity index (χ3n) is 6.68. The van der Waals surface area contributed by atoms with E-state index in [4.69, 9.17) is 4.98 Å². The van der Waals surface area contributed by atoms with Crippen molar-refractivity contribution >= 4 is 32.6 Å². The summed E-state index contributed by atoms with van der Waals surface area (Å²) in [6, 6.07) is 20.0. The zero-order chi connectivity index (χ0) is 23.4. The highest BCUT2D eigenvalue weighted by molar-refractivity contribution is 7.19. The second-order valence-corrected chi connectivity index (χ2v) is 10.8. The van der Waals surface area contributed by atoms with E-state index in [1.807, 2.05) is 0 Å². The Morgan fingerprint density at radius 1 is 0.848 bits per heavy atom. The van der Waals surface area contributed by atoms with Gasteiger partial charge >= 0.3 is 0 Å². The quantitative estimate of drug-likeness (QED) is 0.256. The van der Waals surface area contributed by atoms with Gasteiger partial charge in [-0.15, -0.1) is 11.3 Å². The minimum absolute atomic E-state index is 0.417. The van der Waals surface area contributed by atoms with Crippen LogP contribution in [0.15, 0.2) is 54.6 Å². The third kappa shape index (κ3) is 3.39. The van der Waals surface area contributed by atoms with Crippen LogP contribution in [0, 0.1) is 13.8 Å². The van der Waals surface area contributed by atoms with Crippen molar-refractivity contribution in [3.63, 3.8) is 0 Å². The number of aromatic nitrogens is 3. The molecule has 0 radical (unpaired) electrons. The van der Waals surface area contributed by atoms with Gasteiger partial charge < -0.3 is 0 Å². The van der Waals surface area contributed by atoms with Crippen molar-refractivity contribution < 1.29 is 4.57 Å². The summed E-state index contributed by atoms with van der Waals surface area (Å²) in [4.78, 5) is 4.82. The number of benzene rings is 3. The van der Waals surface area contributed by atoms with E-state index in [1.165, 1.54) is 49.5 Å². The summed E-state index contributed by atoms with van der Waals surface area (Å²) in [5.74, 6) is 2.05. The van der Waals surface area contributed by atoms with Gasteiger partial charge in [0.05, 0.1) is 27.8 Å². The van der Waals surface area contributed by atoms with E-state index in [-0.39, 0.29) is 0 Å². The van der Waals surface area contributed by atoms with Gasteiger partial charge in [-0.05, 0) is 49.4 Å². The highest BCUT2D eigenvalue weighted by Crippen LogP contribution is 2.40. The second kappa shape index (κ2) is 8.11. The Kier molecular flexibility index (Phi) is 5.37. The summed E-state index contributed by atoms with van der Waals surface area (Å²) in [5, 5.41) is 1.10. The van der Waals surface area contributed by atoms with Gasteiger partial charge in [-0.3, -0.25) is 0 Å². The van der Waals surface area contributed by atoms with Crippen LogP contribution in [0.3, 0.4) is 0 Å². The Hall–Kier alpha value is -2.98. The van der Waals surface area contributed by atoms with Gasteiger partial charge in [0.1, 0.15) is 5.69 Å². The third-order valence-corrected chi connectivity index (χ3v) is 7.68. The molecule has 0 bridgehead atoms. The molecule has 0 aliphatic carbocycles. The lowest BCUT2D eigenvalue weighted by atomic mass is 9.92. The lowest BCUT2D eigenvalue weighted by Gasteiger charge is -2.18. The van der Waals surface area contributed by atoms with Crippen LogP contribution >= 0.6 is 11.3 Å². The molecule has 3 aromatic carbocycles. The number of hydrogen-bond acceptors (Lipinski definition) is 2. The van der Waals surface area contributed by atoms with E-state index in [0.29, 0.717) is 11.8 Å². The number of aryl methyl sites for hydroxylation is 3. The topological polar surface area (TPSA) is 21.7 Å². The summed E-state index contributed by atoms with van der Waals surface area (Å²) in [5.41, 5.74) is 10.2. The average molecular weight is 455 g/mol. The predicted molar refractivity (Wildman–Crippen MR) is 141 cm³/mol. The number of fused-ring (bicyclic) bond motifs is 2. The van der Waals surface area contributed by atoms with E-state index in [2.05, 4.69) is 112 Å². The van der Waals surface area contributed by atoms with Gasteiger partial charge in [0, 0.05) is 11.1 Å². The van der Waals surface area contributed by atoms with Crippen LogP contribution in [-0.2, 0) is 7.05 Å². The lowest BCUT2D eigenvalue weighted by molar-refractivity contribution is -0.633. The zero-order valence-electron chi connectivity index (χ0n) is 20.6. The normalized spacial score (nSPS) is 12.0. The molecule has 2 heterocycles. The van der Waals surface area contributed by atoms with Crippen LogP contribution in [0.2, 0.25) is 0 Å². The van der Waals surface area contributed by atoms with Crippen LogP contribution < -0.4 is 4.57 Å². The fourth-order valence-electron chi connectivity index (χ4n) is 5.07. The molecule has 0 aliphatic heterocycles. The highest BCUT2D eigenvalue weighted by atomic mass is 32.1. The second-order valence-electron chi connectivity index (χ2n) is 9.64. The number of rotatable bonds is 4. The summed E-state index contributed by atoms with van der Waals surface area (Å²) in [6.07, 6.45) is 0. The predicted octanol–water partition coefficient (Wildman–Crippen LogP) is 7.60. The maximum absolute atomic E-state index is 4.82. The first-order chi connectivity index (χ1) is 15.8. The van der Waals surface area contributed by atoms with Crippen LogP contribution in [0.4, 0.5) is 0 Å². The van der Waals surface area contributed by atoms with Crippen LogP contribution in [-0.4, -0.2) is 9.55 Å². The first-order valence-electron chi connectivity index (χ1n) is 11.8. The van der Waals surface area contributed by atoms with Crippen molar-refractivity contribution in [2.45, 2.75) is 53.4 Å². The SMILES string of the molecule is Cc1nc2ccc(C)c(-c3n(-c4c(C(C)C)cccc4C(C)C)c4ccccc4[n+]3C)c2s1. The monoisotopic (exact) mass is 454 g/mol. The van der Waals surface area contributed by atoms with Crippen molar-refractivity contribution in [1.29, 1.82) is 0 Å². The van der Waals surface area contributed by atoms with Crippen LogP contribution in [0.1, 0.15) is 61.2 Å². The van der Waals surface area contributed by atoms with Gasteiger partial charge in [-0.1, -0.05) is 64.1 Å². The molecule has 0 spiro atoms. The number of hydrogen-bond donors (Lipinski definition) is 0. The highest BCUT2D eigenvalue weighted by Gasteiger charge is 2.32. The molecule has 5 aromatic rings. The molecular weight excluding hydrogens is 422 g/mol. The standard InChI is InChI=1S/C29H32N3S/c1-17(2)21-11-10-12-22(18(3)4)27(21)32-25-14-9-8-13-24(25)31(7)29(32)26-19(5)15-16-23-28(26)33-20(6)30-23/h8-18H,1-7H3/q+1. The van der Waals surface area contributed by atoms with E-state index in [9.17, 15) is 0 Å². The maximum Gasteiger partial charge on any atom is 0.296 e. The summed E-state index contributed by atoms with van der Waals surface area (Å²) in [7, 11) is 2.20. The fourth-order valence-corrected chi connectivity index (χ4v) is 6.08. The van der Waals surface area contributed by atoms with Gasteiger partial charge in [0.2, 0.25) is 0 Å². The molecule has 3 nitrogen and oxygen atoms in total. The van der Waals surface area contributed by atoms with Gasteiger partial charge in [-0.2, -0.15) is 4.57 Å². The number of imidazole rings is 1. The summed E-state index contributed by atoms with van der Waals surface area (Å²) >= 11 is 1.79. The molecule has 5 rings (SSSR count). The van der Waals surface area contributed by atoms with Crippen molar-refractivity contribution in [1.82, 2.24) is 9.55 Å². The van der Waals surface area contributed by atoms with E-state index < -0.39 is 0 Å². The minimum Gasteiger partial charge on any atom is -0.241 e. The van der Waals surface area contributed by atoms with Crippen molar-refractivity contribution in [2.24, 2.45) is 7.05 Å². The molecular formula is C29H32N3S+. The molecule has 4 heteroatoms. The Balaban J connectivity index is 2.02. The van der Waals surface area contributed by atoms with E-state index in [1.54, 1.807) is 11.3 Å². The molecule has 0 unspecified atom stereocenters. The first kappa shape index (κ1) is 21.8. The average Bonchev–Trinajstić information content (AvgIpc) is 3.30.